The second-order valence-electron chi connectivity index (χ2n) is 3.65. The van der Waals surface area contributed by atoms with Crippen molar-refractivity contribution >= 4 is 6.03 Å². The molecular weight excluding hydrogens is 168 g/mol. The third-order valence-electron chi connectivity index (χ3n) is 2.69. The molecule has 0 bridgehead atoms. The smallest absolute Gasteiger partial charge is 0.317 e. The molecule has 0 spiro atoms. The molecule has 13 heavy (non-hydrogen) atoms. The molecule has 4 nitrogen and oxygen atoms in total. The Labute approximate surface area is 78.2 Å². The number of carbonyl (C=O) groups excluding carboxylic acids is 1. The Morgan fingerprint density at radius 3 is 3.08 bits per heavy atom. The zero-order valence-electron chi connectivity index (χ0n) is 7.79. The lowest BCUT2D eigenvalue weighted by molar-refractivity contribution is 0.0279. The summed E-state index contributed by atoms with van der Waals surface area (Å²) in [6, 6.07) is 0.399. The van der Waals surface area contributed by atoms with Gasteiger partial charge in [-0.3, -0.25) is 0 Å². The molecule has 2 aliphatic rings. The van der Waals surface area contributed by atoms with E-state index in [9.17, 15) is 4.79 Å². The first kappa shape index (κ1) is 8.81. The summed E-state index contributed by atoms with van der Waals surface area (Å²) in [6.45, 7) is 3.28. The molecule has 2 fully saturated rings. The minimum absolute atomic E-state index is 0.0850. The van der Waals surface area contributed by atoms with E-state index in [1.54, 1.807) is 0 Å². The van der Waals surface area contributed by atoms with Gasteiger partial charge in [-0.2, -0.15) is 0 Å². The summed E-state index contributed by atoms with van der Waals surface area (Å²) in [6.07, 6.45) is 3.23. The maximum atomic E-state index is 11.5. The lowest BCUT2D eigenvalue weighted by Crippen LogP contribution is -2.53. The number of ether oxygens (including phenoxy) is 1. The normalized spacial score (nSPS) is 30.0. The van der Waals surface area contributed by atoms with E-state index in [0.717, 1.165) is 39.0 Å². The van der Waals surface area contributed by atoms with Gasteiger partial charge in [-0.15, -0.1) is 0 Å². The monoisotopic (exact) mass is 184 g/mol. The Bertz CT molecular complexity index is 190. The van der Waals surface area contributed by atoms with E-state index in [1.807, 2.05) is 4.90 Å². The lowest BCUT2D eigenvalue weighted by Gasteiger charge is -2.36. The van der Waals surface area contributed by atoms with Crippen LogP contribution in [0, 0.1) is 0 Å². The molecule has 0 radical (unpaired) electrons. The minimum atomic E-state index is 0.0850. The highest BCUT2D eigenvalue weighted by Crippen LogP contribution is 2.15. The van der Waals surface area contributed by atoms with Gasteiger partial charge < -0.3 is 15.0 Å². The fourth-order valence-electron chi connectivity index (χ4n) is 1.97. The van der Waals surface area contributed by atoms with E-state index in [-0.39, 0.29) is 6.03 Å². The Morgan fingerprint density at radius 1 is 1.46 bits per heavy atom. The van der Waals surface area contributed by atoms with Crippen LogP contribution in [-0.4, -0.2) is 43.3 Å². The van der Waals surface area contributed by atoms with Crippen LogP contribution in [0.2, 0.25) is 0 Å². The second-order valence-corrected chi connectivity index (χ2v) is 3.65. The third-order valence-corrected chi connectivity index (χ3v) is 2.69. The van der Waals surface area contributed by atoms with Crippen molar-refractivity contribution in [1.82, 2.24) is 10.2 Å². The number of rotatable bonds is 1. The Balaban J connectivity index is 1.92. The molecule has 1 atom stereocenters. The summed E-state index contributed by atoms with van der Waals surface area (Å²) in [5.74, 6) is 0. The standard InChI is InChI=1S/C9H16N2O2/c12-9-10-4-2-5-11(9)8-3-1-6-13-7-8/h8H,1-7H2,(H,10,12). The van der Waals surface area contributed by atoms with Gasteiger partial charge in [0.2, 0.25) is 0 Å². The summed E-state index contributed by atoms with van der Waals surface area (Å²) in [5.41, 5.74) is 0. The maximum Gasteiger partial charge on any atom is 0.317 e. The van der Waals surface area contributed by atoms with Crippen molar-refractivity contribution in [1.29, 1.82) is 0 Å². The van der Waals surface area contributed by atoms with Crippen LogP contribution in [0.4, 0.5) is 4.79 Å². The Kier molecular flexibility index (Phi) is 2.68. The van der Waals surface area contributed by atoms with Gasteiger partial charge in [0.25, 0.3) is 0 Å². The SMILES string of the molecule is O=C1NCCCN1C1CCCOC1. The molecule has 2 rings (SSSR count). The predicted molar refractivity (Wildman–Crippen MR) is 48.6 cm³/mol. The molecule has 2 amide bonds. The predicted octanol–water partition coefficient (Wildman–Crippen LogP) is 0.581. The largest absolute Gasteiger partial charge is 0.379 e. The average Bonchev–Trinajstić information content (AvgIpc) is 2.20. The molecule has 2 heterocycles. The van der Waals surface area contributed by atoms with Crippen LogP contribution in [0.15, 0.2) is 0 Å². The summed E-state index contributed by atoms with van der Waals surface area (Å²) in [7, 11) is 0. The van der Waals surface area contributed by atoms with E-state index in [4.69, 9.17) is 4.74 Å². The summed E-state index contributed by atoms with van der Waals surface area (Å²) in [4.78, 5) is 13.4. The molecule has 1 unspecified atom stereocenters. The first-order valence-electron chi connectivity index (χ1n) is 5.00. The topological polar surface area (TPSA) is 41.6 Å². The van der Waals surface area contributed by atoms with Crippen LogP contribution in [0.5, 0.6) is 0 Å². The molecule has 0 aromatic heterocycles. The number of nitrogens with zero attached hydrogens (tertiary/aromatic N) is 1. The van der Waals surface area contributed by atoms with Crippen molar-refractivity contribution in [3.05, 3.63) is 0 Å². The summed E-state index contributed by atoms with van der Waals surface area (Å²) >= 11 is 0. The van der Waals surface area contributed by atoms with E-state index >= 15 is 0 Å². The number of hydrogen-bond acceptors (Lipinski definition) is 2. The number of carbonyl (C=O) groups is 1. The van der Waals surface area contributed by atoms with Gasteiger partial charge in [0.05, 0.1) is 12.6 Å². The van der Waals surface area contributed by atoms with Crippen LogP contribution in [0.3, 0.4) is 0 Å². The zero-order valence-corrected chi connectivity index (χ0v) is 7.79. The van der Waals surface area contributed by atoms with E-state index in [0.29, 0.717) is 12.6 Å². The molecule has 1 N–H and O–H groups in total. The summed E-state index contributed by atoms with van der Waals surface area (Å²) < 4.78 is 5.36. The van der Waals surface area contributed by atoms with Gasteiger partial charge in [-0.25, -0.2) is 4.79 Å². The van der Waals surface area contributed by atoms with Gasteiger partial charge in [-0.1, -0.05) is 0 Å². The first-order valence-corrected chi connectivity index (χ1v) is 5.00. The van der Waals surface area contributed by atoms with E-state index in [1.165, 1.54) is 0 Å². The van der Waals surface area contributed by atoms with Crippen LogP contribution in [0.1, 0.15) is 19.3 Å². The van der Waals surface area contributed by atoms with Gasteiger partial charge in [0.1, 0.15) is 0 Å². The van der Waals surface area contributed by atoms with E-state index < -0.39 is 0 Å². The van der Waals surface area contributed by atoms with E-state index in [2.05, 4.69) is 5.32 Å². The molecule has 2 aliphatic heterocycles. The highest BCUT2D eigenvalue weighted by Gasteiger charge is 2.27. The van der Waals surface area contributed by atoms with Gasteiger partial charge in [-0.05, 0) is 19.3 Å². The molecule has 0 aromatic carbocycles. The number of amides is 2. The van der Waals surface area contributed by atoms with Gasteiger partial charge in [0.15, 0.2) is 0 Å². The van der Waals surface area contributed by atoms with Gasteiger partial charge >= 0.3 is 6.03 Å². The van der Waals surface area contributed by atoms with Crippen molar-refractivity contribution in [2.75, 3.05) is 26.3 Å². The quantitative estimate of drug-likeness (QED) is 0.647. The zero-order chi connectivity index (χ0) is 9.10. The van der Waals surface area contributed by atoms with Crippen molar-refractivity contribution in [3.63, 3.8) is 0 Å². The van der Waals surface area contributed by atoms with Crippen molar-refractivity contribution in [2.24, 2.45) is 0 Å². The fourth-order valence-corrected chi connectivity index (χ4v) is 1.97. The van der Waals surface area contributed by atoms with Gasteiger partial charge in [0, 0.05) is 19.7 Å². The van der Waals surface area contributed by atoms with Crippen LogP contribution in [0.25, 0.3) is 0 Å². The molecular formula is C9H16N2O2. The molecule has 0 aliphatic carbocycles. The number of urea groups is 1. The molecule has 4 heteroatoms. The Morgan fingerprint density at radius 2 is 2.38 bits per heavy atom. The molecule has 74 valence electrons. The van der Waals surface area contributed by atoms with Crippen LogP contribution >= 0.6 is 0 Å². The highest BCUT2D eigenvalue weighted by atomic mass is 16.5. The van der Waals surface area contributed by atoms with Crippen molar-refractivity contribution in [3.8, 4) is 0 Å². The van der Waals surface area contributed by atoms with Crippen molar-refractivity contribution < 1.29 is 9.53 Å². The molecule has 0 saturated carbocycles. The Hall–Kier alpha value is -0.770. The highest BCUT2D eigenvalue weighted by molar-refractivity contribution is 5.75. The minimum Gasteiger partial charge on any atom is -0.379 e. The number of hydrogen-bond donors (Lipinski definition) is 1. The van der Waals surface area contributed by atoms with Crippen molar-refractivity contribution in [2.45, 2.75) is 25.3 Å². The molecule has 0 aromatic rings. The second kappa shape index (κ2) is 3.96. The van der Waals surface area contributed by atoms with Crippen LogP contribution in [-0.2, 0) is 4.74 Å². The maximum absolute atomic E-state index is 11.5. The first-order chi connectivity index (χ1) is 6.38. The average molecular weight is 184 g/mol. The third kappa shape index (κ3) is 1.94. The number of nitrogens with one attached hydrogen (secondary N) is 1. The van der Waals surface area contributed by atoms with Crippen LogP contribution < -0.4 is 5.32 Å². The lowest BCUT2D eigenvalue weighted by atomic mass is 10.1. The summed E-state index contributed by atoms with van der Waals surface area (Å²) in [5, 5.41) is 2.86. The fraction of sp³-hybridized carbons (Fsp3) is 0.889. The molecule has 2 saturated heterocycles.